The van der Waals surface area contributed by atoms with E-state index in [9.17, 15) is 14.4 Å². The largest absolute Gasteiger partial charge is 0.370 e. The molecule has 0 unspecified atom stereocenters. The second kappa shape index (κ2) is 17.1. The highest BCUT2D eigenvalue weighted by molar-refractivity contribution is 9.09. The fourth-order valence-corrected chi connectivity index (χ4v) is 5.41. The average Bonchev–Trinajstić information content (AvgIpc) is 3.35. The van der Waals surface area contributed by atoms with Crippen LogP contribution in [0.1, 0.15) is 47.5 Å². The van der Waals surface area contributed by atoms with Crippen LogP contribution in [0, 0.1) is 0 Å². The standard InChI is InChI=1S/C31H40Br2N6O3/c1-4-38(5-2)17-7-10-29(40)34-25-9-6-8-23(20-25)30(41)36-26-21-28(37(3)22-26)31(42)35-24-11-13-27(14-12-24)39(18-15-32)19-16-33/h6,8-9,11-14,20-22H,4-5,7,10,15-19H2,1-3H3,(H,34,40)(H,35,42)(H,36,41). The predicted molar refractivity (Wildman–Crippen MR) is 180 cm³/mol. The van der Waals surface area contributed by atoms with Crippen LogP contribution in [0.2, 0.25) is 0 Å². The Hall–Kier alpha value is -3.15. The van der Waals surface area contributed by atoms with E-state index in [4.69, 9.17) is 0 Å². The summed E-state index contributed by atoms with van der Waals surface area (Å²) in [7, 11) is 1.75. The summed E-state index contributed by atoms with van der Waals surface area (Å²) in [5.74, 6) is -0.699. The Morgan fingerprint density at radius 1 is 0.786 bits per heavy atom. The molecular formula is C31H40Br2N6O3. The van der Waals surface area contributed by atoms with Crippen molar-refractivity contribution in [1.29, 1.82) is 0 Å². The van der Waals surface area contributed by atoms with Crippen LogP contribution in [0.15, 0.2) is 60.8 Å². The van der Waals surface area contributed by atoms with Gasteiger partial charge in [-0.15, -0.1) is 0 Å². The lowest BCUT2D eigenvalue weighted by atomic mass is 10.1. The van der Waals surface area contributed by atoms with Gasteiger partial charge >= 0.3 is 0 Å². The predicted octanol–water partition coefficient (Wildman–Crippen LogP) is 6.19. The van der Waals surface area contributed by atoms with Gasteiger partial charge in [0.05, 0.1) is 5.69 Å². The molecule has 2 aromatic carbocycles. The van der Waals surface area contributed by atoms with E-state index in [1.165, 1.54) is 0 Å². The normalized spacial score (nSPS) is 10.9. The number of halogens is 2. The van der Waals surface area contributed by atoms with Crippen molar-refractivity contribution in [1.82, 2.24) is 9.47 Å². The van der Waals surface area contributed by atoms with Crippen LogP contribution in [-0.2, 0) is 11.8 Å². The Kier molecular flexibility index (Phi) is 13.6. The first-order valence-electron chi connectivity index (χ1n) is 14.2. The fraction of sp³-hybridized carbons (Fsp3) is 0.387. The van der Waals surface area contributed by atoms with Crippen LogP contribution in [0.25, 0.3) is 0 Å². The minimum atomic E-state index is -0.336. The summed E-state index contributed by atoms with van der Waals surface area (Å²) in [5.41, 5.74) is 3.63. The Bertz CT molecular complexity index is 1320. The highest BCUT2D eigenvalue weighted by Crippen LogP contribution is 2.21. The quantitative estimate of drug-likeness (QED) is 0.155. The van der Waals surface area contributed by atoms with Gasteiger partial charge in [0.15, 0.2) is 0 Å². The molecule has 0 atom stereocenters. The number of carbonyl (C=O) groups excluding carboxylic acids is 3. The number of carbonyl (C=O) groups is 3. The molecular weight excluding hydrogens is 664 g/mol. The zero-order valence-electron chi connectivity index (χ0n) is 24.5. The van der Waals surface area contributed by atoms with Crippen LogP contribution in [0.3, 0.4) is 0 Å². The fourth-order valence-electron chi connectivity index (χ4n) is 4.55. The molecule has 0 fully saturated rings. The minimum Gasteiger partial charge on any atom is -0.370 e. The number of aryl methyl sites for hydroxylation is 1. The summed E-state index contributed by atoms with van der Waals surface area (Å²) in [6, 6.07) is 16.2. The Morgan fingerprint density at radius 3 is 2.10 bits per heavy atom. The molecule has 0 radical (unpaired) electrons. The van der Waals surface area contributed by atoms with Crippen molar-refractivity contribution < 1.29 is 14.4 Å². The number of alkyl halides is 2. The van der Waals surface area contributed by atoms with Crippen molar-refractivity contribution in [3.05, 3.63) is 72.1 Å². The van der Waals surface area contributed by atoms with Crippen LogP contribution in [0.4, 0.5) is 22.7 Å². The van der Waals surface area contributed by atoms with E-state index in [2.05, 4.69) is 71.5 Å². The molecule has 3 N–H and O–H groups in total. The molecule has 42 heavy (non-hydrogen) atoms. The van der Waals surface area contributed by atoms with Gasteiger partial charge in [-0.1, -0.05) is 51.8 Å². The van der Waals surface area contributed by atoms with E-state index < -0.39 is 0 Å². The maximum Gasteiger partial charge on any atom is 0.272 e. The molecule has 3 rings (SSSR count). The van der Waals surface area contributed by atoms with Gasteiger partial charge in [-0.05, 0) is 74.6 Å². The molecule has 3 amide bonds. The number of rotatable bonds is 16. The molecule has 0 saturated heterocycles. The van der Waals surface area contributed by atoms with E-state index in [-0.39, 0.29) is 17.7 Å². The first-order valence-corrected chi connectivity index (χ1v) is 16.4. The zero-order chi connectivity index (χ0) is 30.5. The van der Waals surface area contributed by atoms with E-state index >= 15 is 0 Å². The third kappa shape index (κ3) is 9.99. The van der Waals surface area contributed by atoms with Gasteiger partial charge in [-0.3, -0.25) is 14.4 Å². The minimum absolute atomic E-state index is 0.0803. The summed E-state index contributed by atoms with van der Waals surface area (Å²) >= 11 is 6.99. The second-order valence-corrected chi connectivity index (χ2v) is 11.4. The molecule has 226 valence electrons. The van der Waals surface area contributed by atoms with Gasteiger partial charge < -0.3 is 30.3 Å². The molecule has 0 bridgehead atoms. The molecule has 0 aliphatic heterocycles. The lowest BCUT2D eigenvalue weighted by molar-refractivity contribution is -0.116. The highest BCUT2D eigenvalue weighted by Gasteiger charge is 2.15. The molecule has 3 aromatic rings. The molecule has 0 saturated carbocycles. The Balaban J connectivity index is 1.58. The molecule has 9 nitrogen and oxygen atoms in total. The van der Waals surface area contributed by atoms with Crippen molar-refractivity contribution in [2.24, 2.45) is 7.05 Å². The van der Waals surface area contributed by atoms with E-state index in [1.807, 2.05) is 24.3 Å². The van der Waals surface area contributed by atoms with Crippen LogP contribution >= 0.6 is 31.9 Å². The molecule has 1 aromatic heterocycles. The highest BCUT2D eigenvalue weighted by atomic mass is 79.9. The number of hydrogen-bond donors (Lipinski definition) is 3. The van der Waals surface area contributed by atoms with E-state index in [1.54, 1.807) is 48.1 Å². The van der Waals surface area contributed by atoms with Gasteiger partial charge in [0.2, 0.25) is 5.91 Å². The maximum absolute atomic E-state index is 13.0. The van der Waals surface area contributed by atoms with Gasteiger partial charge in [0.25, 0.3) is 11.8 Å². The average molecular weight is 705 g/mol. The van der Waals surface area contributed by atoms with Gasteiger partial charge in [-0.25, -0.2) is 0 Å². The molecule has 0 aliphatic rings. The topological polar surface area (TPSA) is 98.7 Å². The third-order valence-electron chi connectivity index (χ3n) is 6.88. The zero-order valence-corrected chi connectivity index (χ0v) is 27.6. The van der Waals surface area contributed by atoms with Crippen LogP contribution < -0.4 is 20.9 Å². The van der Waals surface area contributed by atoms with Crippen molar-refractivity contribution in [2.75, 3.05) is 64.2 Å². The first-order chi connectivity index (χ1) is 20.3. The summed E-state index contributed by atoms with van der Waals surface area (Å²) in [6.07, 6.45) is 2.88. The number of amides is 3. The van der Waals surface area contributed by atoms with Gasteiger partial charge in [-0.2, -0.15) is 0 Å². The summed E-state index contributed by atoms with van der Waals surface area (Å²) in [6.45, 7) is 8.78. The van der Waals surface area contributed by atoms with Gasteiger partial charge in [0.1, 0.15) is 5.69 Å². The molecule has 11 heteroatoms. The Labute approximate surface area is 265 Å². The van der Waals surface area contributed by atoms with Gasteiger partial charge in [0, 0.05) is 66.0 Å². The van der Waals surface area contributed by atoms with E-state index in [0.29, 0.717) is 34.7 Å². The van der Waals surface area contributed by atoms with Crippen molar-refractivity contribution in [3.8, 4) is 0 Å². The second-order valence-electron chi connectivity index (χ2n) is 9.80. The lowest BCUT2D eigenvalue weighted by Crippen LogP contribution is -2.27. The summed E-state index contributed by atoms with van der Waals surface area (Å²) < 4.78 is 1.67. The number of nitrogens with one attached hydrogen (secondary N) is 3. The number of anilines is 4. The molecule has 1 heterocycles. The van der Waals surface area contributed by atoms with Crippen molar-refractivity contribution in [2.45, 2.75) is 26.7 Å². The number of hydrogen-bond acceptors (Lipinski definition) is 5. The smallest absolute Gasteiger partial charge is 0.272 e. The molecule has 0 aliphatic carbocycles. The van der Waals surface area contributed by atoms with Crippen molar-refractivity contribution >= 4 is 72.3 Å². The van der Waals surface area contributed by atoms with Crippen molar-refractivity contribution in [3.63, 3.8) is 0 Å². The SMILES string of the molecule is CCN(CC)CCCC(=O)Nc1cccc(C(=O)Nc2cc(C(=O)Nc3ccc(N(CCBr)CCBr)cc3)n(C)c2)c1. The number of nitrogens with zero attached hydrogens (tertiary/aromatic N) is 3. The van der Waals surface area contributed by atoms with Crippen LogP contribution in [-0.4, -0.2) is 70.6 Å². The number of benzene rings is 2. The van der Waals surface area contributed by atoms with Crippen LogP contribution in [0.5, 0.6) is 0 Å². The van der Waals surface area contributed by atoms with E-state index in [0.717, 1.165) is 55.5 Å². The number of aromatic nitrogens is 1. The first kappa shape index (κ1) is 33.4. The summed E-state index contributed by atoms with van der Waals surface area (Å²) in [4.78, 5) is 42.9. The lowest BCUT2D eigenvalue weighted by Gasteiger charge is -2.23. The third-order valence-corrected chi connectivity index (χ3v) is 7.59. The summed E-state index contributed by atoms with van der Waals surface area (Å²) in [5, 5.41) is 10.4. The monoisotopic (exact) mass is 702 g/mol. The molecule has 0 spiro atoms. The Morgan fingerprint density at radius 2 is 1.45 bits per heavy atom. The maximum atomic E-state index is 13.0.